The summed E-state index contributed by atoms with van der Waals surface area (Å²) in [6.07, 6.45) is 3.23. The molecule has 0 saturated heterocycles. The molecule has 5 rings (SSSR count). The predicted octanol–water partition coefficient (Wildman–Crippen LogP) is 2.09. The number of rotatable bonds is 4. The Morgan fingerprint density at radius 3 is 2.48 bits per heavy atom. The third kappa shape index (κ3) is 2.96. The maximum absolute atomic E-state index is 12.7. The lowest BCUT2D eigenvalue weighted by molar-refractivity contribution is 0.738. The summed E-state index contributed by atoms with van der Waals surface area (Å²) in [4.78, 5) is 24.5. The van der Waals surface area contributed by atoms with Gasteiger partial charge in [-0.25, -0.2) is 14.7 Å². The largest absolute Gasteiger partial charge is 0.350 e. The van der Waals surface area contributed by atoms with Crippen molar-refractivity contribution in [1.29, 1.82) is 0 Å². The number of benzene rings is 2. The van der Waals surface area contributed by atoms with E-state index in [1.54, 1.807) is 16.8 Å². The summed E-state index contributed by atoms with van der Waals surface area (Å²) >= 11 is 0. The zero-order valence-corrected chi connectivity index (χ0v) is 15.3. The Kier molecular flexibility index (Phi) is 3.94. The molecule has 0 bridgehead atoms. The van der Waals surface area contributed by atoms with Crippen LogP contribution in [0.2, 0.25) is 0 Å². The lowest BCUT2D eigenvalue weighted by Crippen LogP contribution is -2.24. The minimum Gasteiger partial charge on any atom is -0.277 e. The van der Waals surface area contributed by atoms with Crippen molar-refractivity contribution in [3.8, 4) is 16.9 Å². The standard InChI is InChI=1S/C21H16N6O2/c28-20-24-23-19(18-7-4-12-26(18)20)16-8-10-17(11-9-16)27-21(29)25(14-22-27)13-15-5-2-1-3-6-15/h1-12,14H,13H2,(H,24,28). The second-order valence-electron chi connectivity index (χ2n) is 6.63. The second-order valence-corrected chi connectivity index (χ2v) is 6.63. The molecular formula is C21H16N6O2. The van der Waals surface area contributed by atoms with Gasteiger partial charge < -0.3 is 0 Å². The van der Waals surface area contributed by atoms with Crippen LogP contribution in [-0.2, 0) is 6.54 Å². The van der Waals surface area contributed by atoms with Gasteiger partial charge in [-0.1, -0.05) is 42.5 Å². The Bertz CT molecular complexity index is 1410. The van der Waals surface area contributed by atoms with Gasteiger partial charge in [0, 0.05) is 11.8 Å². The summed E-state index contributed by atoms with van der Waals surface area (Å²) in [7, 11) is 0. The van der Waals surface area contributed by atoms with E-state index in [4.69, 9.17) is 0 Å². The second kappa shape index (κ2) is 6.75. The first kappa shape index (κ1) is 16.9. The van der Waals surface area contributed by atoms with Crippen molar-refractivity contribution >= 4 is 5.52 Å². The summed E-state index contributed by atoms with van der Waals surface area (Å²) < 4.78 is 4.43. The van der Waals surface area contributed by atoms with Gasteiger partial charge in [-0.05, 0) is 29.8 Å². The molecule has 0 spiro atoms. The van der Waals surface area contributed by atoms with Gasteiger partial charge in [0.25, 0.3) is 0 Å². The molecule has 5 aromatic rings. The molecule has 2 aromatic carbocycles. The van der Waals surface area contributed by atoms with E-state index in [1.165, 1.54) is 15.4 Å². The molecule has 0 fully saturated rings. The van der Waals surface area contributed by atoms with Crippen LogP contribution in [0.15, 0.2) is 88.8 Å². The van der Waals surface area contributed by atoms with E-state index in [0.29, 0.717) is 23.4 Å². The topological polar surface area (TPSA) is 90.0 Å². The predicted molar refractivity (Wildman–Crippen MR) is 108 cm³/mol. The molecule has 0 aliphatic heterocycles. The lowest BCUT2D eigenvalue weighted by Gasteiger charge is -2.05. The number of aromatic amines is 1. The molecule has 3 heterocycles. The third-order valence-corrected chi connectivity index (χ3v) is 4.79. The van der Waals surface area contributed by atoms with E-state index in [9.17, 15) is 9.59 Å². The fourth-order valence-corrected chi connectivity index (χ4v) is 3.34. The van der Waals surface area contributed by atoms with E-state index in [0.717, 1.165) is 11.1 Å². The molecule has 3 aromatic heterocycles. The van der Waals surface area contributed by atoms with E-state index in [2.05, 4.69) is 15.3 Å². The van der Waals surface area contributed by atoms with Gasteiger partial charge in [-0.15, -0.1) is 0 Å². The van der Waals surface area contributed by atoms with Crippen molar-refractivity contribution in [2.75, 3.05) is 0 Å². The molecule has 29 heavy (non-hydrogen) atoms. The third-order valence-electron chi connectivity index (χ3n) is 4.79. The average Bonchev–Trinajstić information content (AvgIpc) is 3.38. The molecule has 0 atom stereocenters. The van der Waals surface area contributed by atoms with Gasteiger partial charge in [-0.3, -0.25) is 8.97 Å². The van der Waals surface area contributed by atoms with Crippen LogP contribution in [0, 0.1) is 0 Å². The van der Waals surface area contributed by atoms with Gasteiger partial charge in [0.2, 0.25) is 0 Å². The van der Waals surface area contributed by atoms with Crippen molar-refractivity contribution < 1.29 is 0 Å². The highest BCUT2D eigenvalue weighted by atomic mass is 16.2. The number of hydrogen-bond donors (Lipinski definition) is 1. The smallest absolute Gasteiger partial charge is 0.277 e. The van der Waals surface area contributed by atoms with Crippen molar-refractivity contribution in [1.82, 2.24) is 28.9 Å². The molecule has 0 aliphatic rings. The van der Waals surface area contributed by atoms with E-state index < -0.39 is 0 Å². The van der Waals surface area contributed by atoms with Crippen LogP contribution in [0.3, 0.4) is 0 Å². The van der Waals surface area contributed by atoms with Gasteiger partial charge in [0.15, 0.2) is 0 Å². The molecule has 8 nitrogen and oxygen atoms in total. The highest BCUT2D eigenvalue weighted by Crippen LogP contribution is 2.22. The SMILES string of the molecule is O=c1n(Cc2ccccc2)cnn1-c1ccc(-c2n[nH]c(=O)n3cccc23)cc1. The van der Waals surface area contributed by atoms with E-state index >= 15 is 0 Å². The molecule has 0 amide bonds. The van der Waals surface area contributed by atoms with Crippen LogP contribution in [-0.4, -0.2) is 28.9 Å². The molecule has 0 aliphatic carbocycles. The number of nitrogens with zero attached hydrogens (tertiary/aromatic N) is 5. The Hall–Kier alpha value is -4.20. The Labute approximate surface area is 164 Å². The summed E-state index contributed by atoms with van der Waals surface area (Å²) in [5.74, 6) is 0. The van der Waals surface area contributed by atoms with E-state index in [1.807, 2.05) is 60.7 Å². The fraction of sp³-hybridized carbons (Fsp3) is 0.0476. The summed E-state index contributed by atoms with van der Waals surface area (Å²) in [6, 6.07) is 20.7. The molecule has 142 valence electrons. The van der Waals surface area contributed by atoms with Crippen molar-refractivity contribution in [2.45, 2.75) is 6.54 Å². The number of hydrogen-bond acceptors (Lipinski definition) is 4. The van der Waals surface area contributed by atoms with Gasteiger partial charge >= 0.3 is 11.4 Å². The van der Waals surface area contributed by atoms with Gasteiger partial charge in [0.05, 0.1) is 17.7 Å². The summed E-state index contributed by atoms with van der Waals surface area (Å²) in [5.41, 5.74) is 3.38. The molecule has 0 saturated carbocycles. The minimum absolute atomic E-state index is 0.210. The molecule has 0 unspecified atom stereocenters. The zero-order chi connectivity index (χ0) is 19.8. The van der Waals surface area contributed by atoms with Crippen molar-refractivity contribution in [2.24, 2.45) is 0 Å². The Balaban J connectivity index is 1.48. The van der Waals surface area contributed by atoms with Crippen LogP contribution in [0.25, 0.3) is 22.5 Å². The average molecular weight is 384 g/mol. The number of fused-ring (bicyclic) bond motifs is 1. The van der Waals surface area contributed by atoms with Crippen LogP contribution in [0.4, 0.5) is 0 Å². The zero-order valence-electron chi connectivity index (χ0n) is 15.3. The normalized spacial score (nSPS) is 11.2. The van der Waals surface area contributed by atoms with Crippen LogP contribution in [0.1, 0.15) is 5.56 Å². The van der Waals surface area contributed by atoms with Crippen LogP contribution in [0.5, 0.6) is 0 Å². The lowest BCUT2D eigenvalue weighted by atomic mass is 10.1. The highest BCUT2D eigenvalue weighted by Gasteiger charge is 2.11. The fourth-order valence-electron chi connectivity index (χ4n) is 3.34. The monoisotopic (exact) mass is 384 g/mol. The molecule has 0 radical (unpaired) electrons. The summed E-state index contributed by atoms with van der Waals surface area (Å²) in [6.45, 7) is 0.464. The quantitative estimate of drug-likeness (QED) is 0.514. The number of nitrogens with one attached hydrogen (secondary N) is 1. The van der Waals surface area contributed by atoms with Crippen LogP contribution >= 0.6 is 0 Å². The summed E-state index contributed by atoms with van der Waals surface area (Å²) in [5, 5.41) is 10.9. The van der Waals surface area contributed by atoms with Crippen molar-refractivity contribution in [3.05, 3.63) is 106 Å². The van der Waals surface area contributed by atoms with Crippen molar-refractivity contribution in [3.63, 3.8) is 0 Å². The molecule has 1 N–H and O–H groups in total. The first-order chi connectivity index (χ1) is 14.2. The number of aromatic nitrogens is 6. The molecule has 8 heteroatoms. The minimum atomic E-state index is -0.291. The maximum Gasteiger partial charge on any atom is 0.350 e. The molecular weight excluding hydrogens is 368 g/mol. The number of H-pyrrole nitrogens is 1. The maximum atomic E-state index is 12.7. The first-order valence-electron chi connectivity index (χ1n) is 9.06. The van der Waals surface area contributed by atoms with Gasteiger partial charge in [-0.2, -0.15) is 14.9 Å². The van der Waals surface area contributed by atoms with Gasteiger partial charge in [0.1, 0.15) is 12.0 Å². The van der Waals surface area contributed by atoms with Crippen LogP contribution < -0.4 is 11.4 Å². The highest BCUT2D eigenvalue weighted by molar-refractivity contribution is 5.76. The first-order valence-corrected chi connectivity index (χ1v) is 9.06. The Morgan fingerprint density at radius 2 is 1.69 bits per heavy atom. The Morgan fingerprint density at radius 1 is 0.897 bits per heavy atom. The van der Waals surface area contributed by atoms with E-state index in [-0.39, 0.29) is 11.4 Å².